The van der Waals surface area contributed by atoms with Gasteiger partial charge in [-0.2, -0.15) is 0 Å². The summed E-state index contributed by atoms with van der Waals surface area (Å²) in [6.45, 7) is 7.43. The van der Waals surface area contributed by atoms with Gasteiger partial charge in [-0.1, -0.05) is 29.8 Å². The van der Waals surface area contributed by atoms with E-state index in [1.807, 2.05) is 30.3 Å². The number of nitrogens with zero attached hydrogens (tertiary/aromatic N) is 1. The van der Waals surface area contributed by atoms with Gasteiger partial charge in [0.15, 0.2) is 0 Å². The second-order valence-corrected chi connectivity index (χ2v) is 6.89. The van der Waals surface area contributed by atoms with E-state index in [4.69, 9.17) is 0 Å². The van der Waals surface area contributed by atoms with E-state index < -0.39 is 0 Å². The highest BCUT2D eigenvalue weighted by molar-refractivity contribution is 7.10. The zero-order valence-corrected chi connectivity index (χ0v) is 14.5. The van der Waals surface area contributed by atoms with Gasteiger partial charge in [0.25, 0.3) is 0 Å². The van der Waals surface area contributed by atoms with Gasteiger partial charge >= 0.3 is 0 Å². The smallest absolute Gasteiger partial charge is 0.234 e. The molecule has 4 heteroatoms. The Kier molecular flexibility index (Phi) is 5.75. The molecule has 1 aromatic heterocycles. The van der Waals surface area contributed by atoms with E-state index in [-0.39, 0.29) is 11.9 Å². The van der Waals surface area contributed by atoms with Gasteiger partial charge in [-0.3, -0.25) is 9.69 Å². The average Bonchev–Trinajstić information content (AvgIpc) is 2.95. The van der Waals surface area contributed by atoms with Crippen molar-refractivity contribution >= 4 is 17.2 Å². The highest BCUT2D eigenvalue weighted by Gasteiger charge is 2.13. The first-order chi connectivity index (χ1) is 10.5. The van der Waals surface area contributed by atoms with Crippen LogP contribution in [-0.4, -0.2) is 24.4 Å². The van der Waals surface area contributed by atoms with Crippen LogP contribution in [0.5, 0.6) is 0 Å². The van der Waals surface area contributed by atoms with Gasteiger partial charge in [-0.05, 0) is 50.4 Å². The first-order valence-corrected chi connectivity index (χ1v) is 8.41. The highest BCUT2D eigenvalue weighted by Crippen LogP contribution is 2.18. The number of amides is 1. The molecule has 2 rings (SSSR count). The van der Waals surface area contributed by atoms with Crippen LogP contribution in [0, 0.1) is 13.8 Å². The third kappa shape index (κ3) is 4.68. The van der Waals surface area contributed by atoms with E-state index in [0.717, 1.165) is 6.54 Å². The summed E-state index contributed by atoms with van der Waals surface area (Å²) >= 11 is 1.67. The molecule has 0 saturated carbocycles. The molecule has 0 bridgehead atoms. The lowest BCUT2D eigenvalue weighted by Gasteiger charge is -2.19. The minimum atomic E-state index is 0.0631. The Morgan fingerprint density at radius 2 is 2.09 bits per heavy atom. The number of hydrogen-bond acceptors (Lipinski definition) is 3. The molecular formula is C18H24N2OS. The quantitative estimate of drug-likeness (QED) is 0.882. The molecule has 1 N–H and O–H groups in total. The number of carbonyl (C=O) groups is 1. The van der Waals surface area contributed by atoms with Gasteiger partial charge in [-0.15, -0.1) is 11.3 Å². The Morgan fingerprint density at radius 1 is 1.32 bits per heavy atom. The van der Waals surface area contributed by atoms with Crippen molar-refractivity contribution in [3.63, 3.8) is 0 Å². The van der Waals surface area contributed by atoms with Gasteiger partial charge in [0.2, 0.25) is 5.91 Å². The third-order valence-corrected chi connectivity index (χ3v) is 4.75. The van der Waals surface area contributed by atoms with Crippen molar-refractivity contribution in [1.29, 1.82) is 0 Å². The van der Waals surface area contributed by atoms with Crippen LogP contribution in [0.15, 0.2) is 35.7 Å². The van der Waals surface area contributed by atoms with Crippen molar-refractivity contribution in [3.05, 3.63) is 57.3 Å². The van der Waals surface area contributed by atoms with Crippen LogP contribution in [0.3, 0.4) is 0 Å². The van der Waals surface area contributed by atoms with E-state index in [2.05, 4.69) is 43.4 Å². The molecule has 0 spiro atoms. The van der Waals surface area contributed by atoms with E-state index in [9.17, 15) is 4.79 Å². The number of carbonyl (C=O) groups excluding carboxylic acids is 1. The fraction of sp³-hybridized carbons (Fsp3) is 0.389. The van der Waals surface area contributed by atoms with Gasteiger partial charge in [0.1, 0.15) is 0 Å². The molecule has 0 aliphatic rings. The molecule has 1 amide bonds. The van der Waals surface area contributed by atoms with Crippen LogP contribution in [0.25, 0.3) is 0 Å². The highest BCUT2D eigenvalue weighted by atomic mass is 32.1. The molecule has 2 aromatic rings. The molecule has 0 radical (unpaired) electrons. The second kappa shape index (κ2) is 7.56. The Bertz CT molecular complexity index is 622. The number of nitrogens with one attached hydrogen (secondary N) is 1. The Balaban J connectivity index is 1.86. The molecule has 0 saturated heterocycles. The SMILES string of the molecule is Cc1ccc(CN(C)CC(=O)N[C@H](C)c2cccs2)c(C)c1. The predicted molar refractivity (Wildman–Crippen MR) is 93.1 cm³/mol. The van der Waals surface area contributed by atoms with Crippen LogP contribution >= 0.6 is 11.3 Å². The van der Waals surface area contributed by atoms with Crippen molar-refractivity contribution in [2.24, 2.45) is 0 Å². The molecule has 1 atom stereocenters. The summed E-state index contributed by atoms with van der Waals surface area (Å²) < 4.78 is 0. The summed E-state index contributed by atoms with van der Waals surface area (Å²) in [6, 6.07) is 10.6. The number of hydrogen-bond donors (Lipinski definition) is 1. The topological polar surface area (TPSA) is 32.3 Å². The molecule has 0 aliphatic carbocycles. The zero-order chi connectivity index (χ0) is 16.1. The van der Waals surface area contributed by atoms with Gasteiger partial charge in [0.05, 0.1) is 12.6 Å². The lowest BCUT2D eigenvalue weighted by atomic mass is 10.1. The molecule has 1 aromatic carbocycles. The second-order valence-electron chi connectivity index (χ2n) is 5.91. The molecule has 0 aliphatic heterocycles. The largest absolute Gasteiger partial charge is 0.348 e. The maximum Gasteiger partial charge on any atom is 0.234 e. The van der Waals surface area contributed by atoms with Gasteiger partial charge < -0.3 is 5.32 Å². The summed E-state index contributed by atoms with van der Waals surface area (Å²) in [6.07, 6.45) is 0. The lowest BCUT2D eigenvalue weighted by Crippen LogP contribution is -2.36. The van der Waals surface area contributed by atoms with Crippen LogP contribution in [0.1, 0.15) is 34.5 Å². The zero-order valence-electron chi connectivity index (χ0n) is 13.7. The molecule has 0 fully saturated rings. The number of benzene rings is 1. The maximum absolute atomic E-state index is 12.1. The first-order valence-electron chi connectivity index (χ1n) is 7.53. The van der Waals surface area contributed by atoms with E-state index in [1.54, 1.807) is 11.3 Å². The predicted octanol–water partition coefficient (Wildman–Crippen LogP) is 3.67. The van der Waals surface area contributed by atoms with Gasteiger partial charge in [0, 0.05) is 11.4 Å². The third-order valence-electron chi connectivity index (χ3n) is 3.70. The van der Waals surface area contributed by atoms with Crippen LogP contribution in [0.4, 0.5) is 0 Å². The molecule has 118 valence electrons. The summed E-state index contributed by atoms with van der Waals surface area (Å²) in [5.74, 6) is 0.0631. The Morgan fingerprint density at radius 3 is 2.73 bits per heavy atom. The summed E-state index contributed by atoms with van der Waals surface area (Å²) in [5.41, 5.74) is 3.82. The normalized spacial score (nSPS) is 12.4. The van der Waals surface area contributed by atoms with E-state index in [0.29, 0.717) is 6.54 Å². The average molecular weight is 316 g/mol. The summed E-state index contributed by atoms with van der Waals surface area (Å²) in [4.78, 5) is 15.4. The number of aryl methyl sites for hydroxylation is 2. The molecule has 0 unspecified atom stereocenters. The Hall–Kier alpha value is -1.65. The van der Waals surface area contributed by atoms with Crippen molar-refractivity contribution in [3.8, 4) is 0 Å². The van der Waals surface area contributed by atoms with Crippen molar-refractivity contribution < 1.29 is 4.79 Å². The number of likely N-dealkylation sites (N-methyl/N-ethyl adjacent to an activating group) is 1. The molecule has 3 nitrogen and oxygen atoms in total. The van der Waals surface area contributed by atoms with Crippen molar-refractivity contribution in [2.75, 3.05) is 13.6 Å². The molecule has 1 heterocycles. The fourth-order valence-electron chi connectivity index (χ4n) is 2.51. The summed E-state index contributed by atoms with van der Waals surface area (Å²) in [5, 5.41) is 5.08. The maximum atomic E-state index is 12.1. The Labute approximate surface area is 137 Å². The number of rotatable bonds is 6. The van der Waals surface area contributed by atoms with Crippen LogP contribution in [-0.2, 0) is 11.3 Å². The monoisotopic (exact) mass is 316 g/mol. The van der Waals surface area contributed by atoms with Crippen LogP contribution in [0.2, 0.25) is 0 Å². The van der Waals surface area contributed by atoms with Crippen molar-refractivity contribution in [1.82, 2.24) is 10.2 Å². The standard InChI is InChI=1S/C18H24N2OS/c1-13-7-8-16(14(2)10-13)11-20(4)12-18(21)19-15(3)17-6-5-9-22-17/h5-10,15H,11-12H2,1-4H3,(H,19,21)/t15-/m1/s1. The number of thiophene rings is 1. The van der Waals surface area contributed by atoms with E-state index >= 15 is 0 Å². The molecular weight excluding hydrogens is 292 g/mol. The van der Waals surface area contributed by atoms with Crippen molar-refractivity contribution in [2.45, 2.75) is 33.4 Å². The van der Waals surface area contributed by atoms with Crippen LogP contribution < -0.4 is 5.32 Å². The first kappa shape index (κ1) is 16.7. The minimum absolute atomic E-state index is 0.0631. The fourth-order valence-corrected chi connectivity index (χ4v) is 3.25. The van der Waals surface area contributed by atoms with Gasteiger partial charge in [-0.25, -0.2) is 0 Å². The lowest BCUT2D eigenvalue weighted by molar-refractivity contribution is -0.122. The minimum Gasteiger partial charge on any atom is -0.348 e. The summed E-state index contributed by atoms with van der Waals surface area (Å²) in [7, 11) is 1.98. The molecule has 22 heavy (non-hydrogen) atoms. The van der Waals surface area contributed by atoms with E-state index in [1.165, 1.54) is 21.6 Å².